The molecule has 1 amide bonds. The predicted molar refractivity (Wildman–Crippen MR) is 74.1 cm³/mol. The SMILES string of the molecule is CC(=O)N1CCC(NCc2cccc(Br)n2)CC1. The van der Waals surface area contributed by atoms with Crippen LogP contribution in [0.4, 0.5) is 0 Å². The Morgan fingerprint density at radius 2 is 2.22 bits per heavy atom. The molecule has 98 valence electrons. The number of nitrogens with one attached hydrogen (secondary N) is 1. The first-order chi connectivity index (χ1) is 8.65. The largest absolute Gasteiger partial charge is 0.343 e. The normalized spacial score (nSPS) is 16.9. The first kappa shape index (κ1) is 13.5. The van der Waals surface area contributed by atoms with Gasteiger partial charge in [0.05, 0.1) is 5.69 Å². The quantitative estimate of drug-likeness (QED) is 0.868. The van der Waals surface area contributed by atoms with Crippen molar-refractivity contribution in [1.82, 2.24) is 15.2 Å². The van der Waals surface area contributed by atoms with Gasteiger partial charge in [-0.25, -0.2) is 4.98 Å². The van der Waals surface area contributed by atoms with E-state index in [9.17, 15) is 4.79 Å². The van der Waals surface area contributed by atoms with Crippen LogP contribution in [0.2, 0.25) is 0 Å². The van der Waals surface area contributed by atoms with Gasteiger partial charge in [0.25, 0.3) is 0 Å². The topological polar surface area (TPSA) is 45.2 Å². The van der Waals surface area contributed by atoms with Crippen LogP contribution in [0.1, 0.15) is 25.5 Å². The highest BCUT2D eigenvalue weighted by Crippen LogP contribution is 2.11. The average Bonchev–Trinajstić information content (AvgIpc) is 2.37. The van der Waals surface area contributed by atoms with E-state index >= 15 is 0 Å². The molecule has 0 aromatic carbocycles. The Morgan fingerprint density at radius 3 is 2.83 bits per heavy atom. The second kappa shape index (κ2) is 6.29. The molecule has 0 aliphatic carbocycles. The van der Waals surface area contributed by atoms with Crippen LogP contribution < -0.4 is 5.32 Å². The van der Waals surface area contributed by atoms with Gasteiger partial charge in [0.15, 0.2) is 0 Å². The van der Waals surface area contributed by atoms with Crippen molar-refractivity contribution in [3.05, 3.63) is 28.5 Å². The molecule has 0 spiro atoms. The van der Waals surface area contributed by atoms with Crippen LogP contribution in [-0.2, 0) is 11.3 Å². The standard InChI is InChI=1S/C13H18BrN3O/c1-10(18)17-7-5-11(6-8-17)15-9-12-3-2-4-13(14)16-12/h2-4,11,15H,5-9H2,1H3. The zero-order valence-corrected chi connectivity index (χ0v) is 12.1. The van der Waals surface area contributed by atoms with Crippen LogP contribution in [0, 0.1) is 0 Å². The Hall–Kier alpha value is -0.940. The molecule has 18 heavy (non-hydrogen) atoms. The van der Waals surface area contributed by atoms with E-state index in [1.165, 1.54) is 0 Å². The van der Waals surface area contributed by atoms with E-state index in [2.05, 4.69) is 26.2 Å². The first-order valence-electron chi connectivity index (χ1n) is 6.25. The van der Waals surface area contributed by atoms with Crippen molar-refractivity contribution in [2.24, 2.45) is 0 Å². The molecule has 0 radical (unpaired) electrons. The molecule has 0 bridgehead atoms. The molecule has 2 heterocycles. The fourth-order valence-electron chi connectivity index (χ4n) is 2.20. The highest BCUT2D eigenvalue weighted by Gasteiger charge is 2.19. The lowest BCUT2D eigenvalue weighted by Crippen LogP contribution is -2.44. The van der Waals surface area contributed by atoms with Gasteiger partial charge in [-0.2, -0.15) is 0 Å². The lowest BCUT2D eigenvalue weighted by Gasteiger charge is -2.31. The zero-order chi connectivity index (χ0) is 13.0. The van der Waals surface area contributed by atoms with E-state index in [-0.39, 0.29) is 5.91 Å². The second-order valence-electron chi connectivity index (χ2n) is 4.61. The maximum atomic E-state index is 11.2. The number of likely N-dealkylation sites (tertiary alicyclic amines) is 1. The zero-order valence-electron chi connectivity index (χ0n) is 10.5. The van der Waals surface area contributed by atoms with Crippen LogP contribution in [0.5, 0.6) is 0 Å². The number of nitrogens with zero attached hydrogens (tertiary/aromatic N) is 2. The van der Waals surface area contributed by atoms with Crippen molar-refractivity contribution in [2.45, 2.75) is 32.4 Å². The fraction of sp³-hybridized carbons (Fsp3) is 0.538. The van der Waals surface area contributed by atoms with Gasteiger partial charge >= 0.3 is 0 Å². The molecule has 4 nitrogen and oxygen atoms in total. The summed E-state index contributed by atoms with van der Waals surface area (Å²) in [6, 6.07) is 6.42. The molecule has 0 atom stereocenters. The lowest BCUT2D eigenvalue weighted by atomic mass is 10.0. The molecule has 0 unspecified atom stereocenters. The van der Waals surface area contributed by atoms with Crippen molar-refractivity contribution < 1.29 is 4.79 Å². The molecular formula is C13H18BrN3O. The van der Waals surface area contributed by atoms with Gasteiger partial charge < -0.3 is 10.2 Å². The molecule has 1 fully saturated rings. The minimum absolute atomic E-state index is 0.183. The van der Waals surface area contributed by atoms with Crippen LogP contribution >= 0.6 is 15.9 Å². The van der Waals surface area contributed by atoms with Crippen molar-refractivity contribution in [3.63, 3.8) is 0 Å². The van der Waals surface area contributed by atoms with E-state index in [0.29, 0.717) is 6.04 Å². The van der Waals surface area contributed by atoms with Crippen molar-refractivity contribution >= 4 is 21.8 Å². The summed E-state index contributed by atoms with van der Waals surface area (Å²) in [5.41, 5.74) is 1.04. The summed E-state index contributed by atoms with van der Waals surface area (Å²) >= 11 is 3.37. The maximum absolute atomic E-state index is 11.2. The number of hydrogen-bond acceptors (Lipinski definition) is 3. The van der Waals surface area contributed by atoms with E-state index < -0.39 is 0 Å². The average molecular weight is 312 g/mol. The minimum atomic E-state index is 0.183. The number of carbonyl (C=O) groups is 1. The summed E-state index contributed by atoms with van der Waals surface area (Å²) in [6.45, 7) is 4.14. The molecule has 0 saturated carbocycles. The van der Waals surface area contributed by atoms with Gasteiger partial charge in [-0.05, 0) is 40.9 Å². The summed E-state index contributed by atoms with van der Waals surface area (Å²) in [4.78, 5) is 17.5. The third-order valence-corrected chi connectivity index (χ3v) is 3.73. The number of halogens is 1. The molecule has 1 N–H and O–H groups in total. The molecule has 5 heteroatoms. The number of carbonyl (C=O) groups excluding carboxylic acids is 1. The van der Waals surface area contributed by atoms with Gasteiger partial charge in [-0.15, -0.1) is 0 Å². The van der Waals surface area contributed by atoms with Gasteiger partial charge in [0.1, 0.15) is 4.60 Å². The van der Waals surface area contributed by atoms with Crippen LogP contribution in [0.25, 0.3) is 0 Å². The van der Waals surface area contributed by atoms with E-state index in [0.717, 1.165) is 42.8 Å². The van der Waals surface area contributed by atoms with E-state index in [1.54, 1.807) is 6.92 Å². The molecule has 1 aliphatic heterocycles. The minimum Gasteiger partial charge on any atom is -0.343 e. The van der Waals surface area contributed by atoms with E-state index in [4.69, 9.17) is 0 Å². The number of piperidine rings is 1. The Kier molecular flexibility index (Phi) is 4.72. The van der Waals surface area contributed by atoms with Crippen LogP contribution in [0.15, 0.2) is 22.8 Å². The third-order valence-electron chi connectivity index (χ3n) is 3.28. The van der Waals surface area contributed by atoms with Gasteiger partial charge in [0, 0.05) is 32.6 Å². The van der Waals surface area contributed by atoms with E-state index in [1.807, 2.05) is 23.1 Å². The third kappa shape index (κ3) is 3.78. The highest BCUT2D eigenvalue weighted by atomic mass is 79.9. The summed E-state index contributed by atoms with van der Waals surface area (Å²) in [5, 5.41) is 3.50. The Labute approximate surface area is 116 Å². The second-order valence-corrected chi connectivity index (χ2v) is 5.43. The fourth-order valence-corrected chi connectivity index (χ4v) is 2.58. The predicted octanol–water partition coefficient (Wildman–Crippen LogP) is 1.94. The Balaban J connectivity index is 1.77. The van der Waals surface area contributed by atoms with Gasteiger partial charge in [-0.1, -0.05) is 6.07 Å². The molecule has 1 aromatic heterocycles. The monoisotopic (exact) mass is 311 g/mol. The number of aromatic nitrogens is 1. The number of hydrogen-bond donors (Lipinski definition) is 1. The lowest BCUT2D eigenvalue weighted by molar-refractivity contribution is -0.129. The maximum Gasteiger partial charge on any atom is 0.219 e. The summed E-state index contributed by atoms with van der Waals surface area (Å²) in [6.07, 6.45) is 2.04. The van der Waals surface area contributed by atoms with Crippen molar-refractivity contribution in [3.8, 4) is 0 Å². The van der Waals surface area contributed by atoms with Gasteiger partial charge in [0.2, 0.25) is 5.91 Å². The molecular weight excluding hydrogens is 294 g/mol. The van der Waals surface area contributed by atoms with Gasteiger partial charge in [-0.3, -0.25) is 4.79 Å². The highest BCUT2D eigenvalue weighted by molar-refractivity contribution is 9.10. The van der Waals surface area contributed by atoms with Crippen molar-refractivity contribution in [1.29, 1.82) is 0 Å². The molecule has 1 aromatic rings. The van der Waals surface area contributed by atoms with Crippen LogP contribution in [0.3, 0.4) is 0 Å². The number of pyridine rings is 1. The number of amides is 1. The summed E-state index contributed by atoms with van der Waals surface area (Å²) in [5.74, 6) is 0.183. The molecule has 2 rings (SSSR count). The summed E-state index contributed by atoms with van der Waals surface area (Å²) in [7, 11) is 0. The van der Waals surface area contributed by atoms with Crippen LogP contribution in [-0.4, -0.2) is 34.9 Å². The Bertz CT molecular complexity index is 416. The number of rotatable bonds is 3. The smallest absolute Gasteiger partial charge is 0.219 e. The molecule has 1 saturated heterocycles. The molecule has 1 aliphatic rings. The first-order valence-corrected chi connectivity index (χ1v) is 7.05. The summed E-state index contributed by atoms with van der Waals surface area (Å²) < 4.78 is 0.869. The van der Waals surface area contributed by atoms with Crippen molar-refractivity contribution in [2.75, 3.05) is 13.1 Å². The Morgan fingerprint density at radius 1 is 1.50 bits per heavy atom.